The molecule has 1 aromatic heterocycles. The van der Waals surface area contributed by atoms with Crippen LogP contribution in [0.3, 0.4) is 0 Å². The minimum atomic E-state index is -0.0304. The SMILES string of the molecule is CN(CC(=O)Nc1ccc(Br)cn1)C1CCC(N)CC1. The molecule has 0 saturated heterocycles. The molecule has 1 aliphatic carbocycles. The number of halogens is 1. The minimum absolute atomic E-state index is 0.0304. The Bertz CT molecular complexity index is 443. The van der Waals surface area contributed by atoms with E-state index in [1.165, 1.54) is 0 Å². The van der Waals surface area contributed by atoms with Crippen LogP contribution in [0.15, 0.2) is 22.8 Å². The van der Waals surface area contributed by atoms with E-state index in [0.717, 1.165) is 30.2 Å². The van der Waals surface area contributed by atoms with E-state index in [4.69, 9.17) is 5.73 Å². The molecule has 1 heterocycles. The first kappa shape index (κ1) is 15.4. The highest BCUT2D eigenvalue weighted by molar-refractivity contribution is 9.10. The van der Waals surface area contributed by atoms with Crippen LogP contribution in [0.5, 0.6) is 0 Å². The number of carbonyl (C=O) groups is 1. The van der Waals surface area contributed by atoms with Crippen LogP contribution in [-0.4, -0.2) is 41.5 Å². The summed E-state index contributed by atoms with van der Waals surface area (Å²) in [4.78, 5) is 18.2. The Kier molecular flexibility index (Phi) is 5.51. The van der Waals surface area contributed by atoms with Crippen molar-refractivity contribution < 1.29 is 4.79 Å². The molecule has 0 aliphatic heterocycles. The predicted molar refractivity (Wildman–Crippen MR) is 83.4 cm³/mol. The molecule has 5 nitrogen and oxygen atoms in total. The Balaban J connectivity index is 1.80. The summed E-state index contributed by atoms with van der Waals surface area (Å²) in [6.45, 7) is 0.387. The first-order valence-corrected chi connectivity index (χ1v) is 7.71. The Hall–Kier alpha value is -0.980. The van der Waals surface area contributed by atoms with Gasteiger partial charge in [-0.05, 0) is 60.8 Å². The number of nitrogens with one attached hydrogen (secondary N) is 1. The van der Waals surface area contributed by atoms with Crippen molar-refractivity contribution >= 4 is 27.7 Å². The highest BCUT2D eigenvalue weighted by atomic mass is 79.9. The first-order valence-electron chi connectivity index (χ1n) is 6.92. The quantitative estimate of drug-likeness (QED) is 0.879. The number of likely N-dealkylation sites (N-methyl/N-ethyl adjacent to an activating group) is 1. The van der Waals surface area contributed by atoms with Gasteiger partial charge in [0.2, 0.25) is 5.91 Å². The van der Waals surface area contributed by atoms with E-state index in [9.17, 15) is 4.79 Å². The lowest BCUT2D eigenvalue weighted by molar-refractivity contribution is -0.117. The van der Waals surface area contributed by atoms with Crippen LogP contribution in [0.25, 0.3) is 0 Å². The summed E-state index contributed by atoms with van der Waals surface area (Å²) in [6, 6.07) is 4.43. The van der Waals surface area contributed by atoms with Gasteiger partial charge < -0.3 is 11.1 Å². The summed E-state index contributed by atoms with van der Waals surface area (Å²) in [6.07, 6.45) is 5.90. The summed E-state index contributed by atoms with van der Waals surface area (Å²) in [5, 5.41) is 2.81. The zero-order valence-electron chi connectivity index (χ0n) is 11.7. The van der Waals surface area contributed by atoms with Crippen molar-refractivity contribution in [3.8, 4) is 0 Å². The molecular formula is C14H21BrN4O. The molecule has 0 radical (unpaired) electrons. The van der Waals surface area contributed by atoms with Gasteiger partial charge in [0.1, 0.15) is 5.82 Å². The van der Waals surface area contributed by atoms with E-state index in [2.05, 4.69) is 31.1 Å². The third-order valence-corrected chi connectivity index (χ3v) is 4.22. The third-order valence-electron chi connectivity index (χ3n) is 3.75. The molecule has 0 unspecified atom stereocenters. The molecule has 2 rings (SSSR count). The molecule has 0 atom stereocenters. The number of nitrogens with zero attached hydrogens (tertiary/aromatic N) is 2. The van der Waals surface area contributed by atoms with Gasteiger partial charge in [0, 0.05) is 22.8 Å². The summed E-state index contributed by atoms with van der Waals surface area (Å²) in [5.74, 6) is 0.550. The molecular weight excluding hydrogens is 320 g/mol. The topological polar surface area (TPSA) is 71.2 Å². The lowest BCUT2D eigenvalue weighted by atomic mass is 9.91. The van der Waals surface area contributed by atoms with Crippen LogP contribution in [-0.2, 0) is 4.79 Å². The van der Waals surface area contributed by atoms with Crippen LogP contribution in [0, 0.1) is 0 Å². The second-order valence-corrected chi connectivity index (χ2v) is 6.31. The molecule has 1 fully saturated rings. The lowest BCUT2D eigenvalue weighted by Crippen LogP contribution is -2.42. The van der Waals surface area contributed by atoms with Crippen molar-refractivity contribution in [3.63, 3.8) is 0 Å². The van der Waals surface area contributed by atoms with E-state index >= 15 is 0 Å². The van der Waals surface area contributed by atoms with Gasteiger partial charge in [0.05, 0.1) is 6.54 Å². The Labute approximate surface area is 128 Å². The standard InChI is InChI=1S/C14H21BrN4O/c1-19(12-5-3-11(16)4-6-12)9-14(20)18-13-7-2-10(15)8-17-13/h2,7-8,11-12H,3-6,9,16H2,1H3,(H,17,18,20). The van der Waals surface area contributed by atoms with Gasteiger partial charge in [-0.1, -0.05) is 0 Å². The van der Waals surface area contributed by atoms with E-state index < -0.39 is 0 Å². The highest BCUT2D eigenvalue weighted by Gasteiger charge is 2.23. The summed E-state index contributed by atoms with van der Waals surface area (Å²) < 4.78 is 0.895. The first-order chi connectivity index (χ1) is 9.54. The number of aromatic nitrogens is 1. The summed E-state index contributed by atoms with van der Waals surface area (Å²) >= 11 is 3.32. The minimum Gasteiger partial charge on any atom is -0.328 e. The van der Waals surface area contributed by atoms with E-state index in [0.29, 0.717) is 24.4 Å². The van der Waals surface area contributed by atoms with E-state index in [1.54, 1.807) is 12.3 Å². The largest absolute Gasteiger partial charge is 0.328 e. The summed E-state index contributed by atoms with van der Waals surface area (Å²) in [7, 11) is 2.00. The van der Waals surface area contributed by atoms with Gasteiger partial charge >= 0.3 is 0 Å². The number of hydrogen-bond donors (Lipinski definition) is 2. The van der Waals surface area contributed by atoms with Crippen molar-refractivity contribution in [1.82, 2.24) is 9.88 Å². The molecule has 6 heteroatoms. The van der Waals surface area contributed by atoms with Crippen molar-refractivity contribution in [2.24, 2.45) is 5.73 Å². The fourth-order valence-corrected chi connectivity index (χ4v) is 2.76. The fourth-order valence-electron chi connectivity index (χ4n) is 2.53. The number of amides is 1. The third kappa shape index (κ3) is 4.54. The Morgan fingerprint density at radius 1 is 1.45 bits per heavy atom. The van der Waals surface area contributed by atoms with Crippen molar-refractivity contribution in [1.29, 1.82) is 0 Å². The lowest BCUT2D eigenvalue weighted by Gasteiger charge is -2.32. The average molecular weight is 341 g/mol. The average Bonchev–Trinajstić information content (AvgIpc) is 2.42. The fraction of sp³-hybridized carbons (Fsp3) is 0.571. The molecule has 1 amide bonds. The van der Waals surface area contributed by atoms with E-state index in [-0.39, 0.29) is 5.91 Å². The molecule has 110 valence electrons. The van der Waals surface area contributed by atoms with E-state index in [1.807, 2.05) is 13.1 Å². The van der Waals surface area contributed by atoms with Crippen LogP contribution < -0.4 is 11.1 Å². The molecule has 0 aromatic carbocycles. The van der Waals surface area contributed by atoms with Crippen LogP contribution >= 0.6 is 15.9 Å². The molecule has 3 N–H and O–H groups in total. The second-order valence-electron chi connectivity index (χ2n) is 5.39. The number of pyridine rings is 1. The molecule has 1 aliphatic rings. The zero-order valence-corrected chi connectivity index (χ0v) is 13.3. The Morgan fingerprint density at radius 3 is 2.75 bits per heavy atom. The van der Waals surface area contributed by atoms with Gasteiger partial charge in [0.15, 0.2) is 0 Å². The maximum atomic E-state index is 12.0. The number of carbonyl (C=O) groups excluding carboxylic acids is 1. The molecule has 1 aromatic rings. The predicted octanol–water partition coefficient (Wildman–Crippen LogP) is 1.98. The number of nitrogens with two attached hydrogens (primary N) is 1. The normalized spacial score (nSPS) is 22.8. The van der Waals surface area contributed by atoms with Gasteiger partial charge in [-0.2, -0.15) is 0 Å². The Morgan fingerprint density at radius 2 is 2.15 bits per heavy atom. The molecule has 0 spiro atoms. The van der Waals surface area contributed by atoms with Crippen molar-refractivity contribution in [2.45, 2.75) is 37.8 Å². The molecule has 20 heavy (non-hydrogen) atoms. The van der Waals surface area contributed by atoms with Gasteiger partial charge in [0.25, 0.3) is 0 Å². The number of anilines is 1. The summed E-state index contributed by atoms with van der Waals surface area (Å²) in [5.41, 5.74) is 5.90. The second kappa shape index (κ2) is 7.15. The van der Waals surface area contributed by atoms with Crippen LogP contribution in [0.4, 0.5) is 5.82 Å². The van der Waals surface area contributed by atoms with Gasteiger partial charge in [-0.25, -0.2) is 4.98 Å². The molecule has 1 saturated carbocycles. The maximum absolute atomic E-state index is 12.0. The monoisotopic (exact) mass is 340 g/mol. The highest BCUT2D eigenvalue weighted by Crippen LogP contribution is 2.21. The maximum Gasteiger partial charge on any atom is 0.239 e. The van der Waals surface area contributed by atoms with Crippen molar-refractivity contribution in [3.05, 3.63) is 22.8 Å². The van der Waals surface area contributed by atoms with Crippen LogP contribution in [0.2, 0.25) is 0 Å². The number of rotatable bonds is 4. The van der Waals surface area contributed by atoms with Gasteiger partial charge in [-0.3, -0.25) is 9.69 Å². The zero-order chi connectivity index (χ0) is 14.5. The van der Waals surface area contributed by atoms with Crippen molar-refractivity contribution in [2.75, 3.05) is 18.9 Å². The van der Waals surface area contributed by atoms with Gasteiger partial charge in [-0.15, -0.1) is 0 Å². The molecule has 0 bridgehead atoms. The smallest absolute Gasteiger partial charge is 0.239 e. The van der Waals surface area contributed by atoms with Crippen LogP contribution in [0.1, 0.15) is 25.7 Å². The number of hydrogen-bond acceptors (Lipinski definition) is 4.